The van der Waals surface area contributed by atoms with E-state index in [4.69, 9.17) is 11.5 Å². The minimum absolute atomic E-state index is 0.311. The number of nitrogens with two attached hydrogens (primary N) is 2. The third kappa shape index (κ3) is 2.72. The second kappa shape index (κ2) is 3.93. The van der Waals surface area contributed by atoms with Gasteiger partial charge in [-0.25, -0.2) is 4.39 Å². The molecule has 0 fully saturated rings. The van der Waals surface area contributed by atoms with Gasteiger partial charge in [-0.1, -0.05) is 0 Å². The van der Waals surface area contributed by atoms with Crippen LogP contribution in [0.1, 0.15) is 5.56 Å². The van der Waals surface area contributed by atoms with E-state index in [0.717, 1.165) is 12.1 Å². The van der Waals surface area contributed by atoms with Gasteiger partial charge in [0.25, 0.3) is 0 Å². The first-order valence-electron chi connectivity index (χ1n) is 3.88. The zero-order chi connectivity index (χ0) is 11.6. The van der Waals surface area contributed by atoms with Crippen molar-refractivity contribution in [3.05, 3.63) is 23.5 Å². The predicted molar refractivity (Wildman–Crippen MR) is 45.4 cm³/mol. The molecule has 0 unspecified atom stereocenters. The third-order valence-corrected chi connectivity index (χ3v) is 1.66. The Morgan fingerprint density at radius 1 is 1.27 bits per heavy atom. The number of halogens is 4. The molecule has 0 amide bonds. The molecule has 1 rings (SSSR count). The molecule has 0 saturated heterocycles. The van der Waals surface area contributed by atoms with Crippen molar-refractivity contribution in [2.45, 2.75) is 12.9 Å². The minimum atomic E-state index is -4.92. The van der Waals surface area contributed by atoms with E-state index >= 15 is 0 Å². The Balaban J connectivity index is 3.20. The average Bonchev–Trinajstić information content (AvgIpc) is 2.10. The van der Waals surface area contributed by atoms with Gasteiger partial charge in [-0.3, -0.25) is 0 Å². The van der Waals surface area contributed by atoms with Crippen molar-refractivity contribution in [3.8, 4) is 5.75 Å². The summed E-state index contributed by atoms with van der Waals surface area (Å²) in [6.45, 7) is -0.428. The summed E-state index contributed by atoms with van der Waals surface area (Å²) in [7, 11) is 0. The molecule has 0 radical (unpaired) electrons. The van der Waals surface area contributed by atoms with Crippen LogP contribution in [0.15, 0.2) is 12.1 Å². The normalized spacial score (nSPS) is 11.5. The van der Waals surface area contributed by atoms with Crippen molar-refractivity contribution in [2.24, 2.45) is 5.73 Å². The lowest BCUT2D eigenvalue weighted by Gasteiger charge is -2.14. The SMILES string of the molecule is NCc1c(F)ccc(N)c1OC(F)(F)F. The summed E-state index contributed by atoms with van der Waals surface area (Å²) in [6.07, 6.45) is -4.92. The van der Waals surface area contributed by atoms with Gasteiger partial charge in [0.05, 0.1) is 5.69 Å². The average molecular weight is 224 g/mol. The van der Waals surface area contributed by atoms with E-state index in [0.29, 0.717) is 0 Å². The third-order valence-electron chi connectivity index (χ3n) is 1.66. The molecule has 0 aliphatic rings. The minimum Gasteiger partial charge on any atom is -0.403 e. The molecule has 7 heteroatoms. The molecule has 0 aliphatic heterocycles. The van der Waals surface area contributed by atoms with Crippen LogP contribution in [0.25, 0.3) is 0 Å². The molecule has 3 nitrogen and oxygen atoms in total. The largest absolute Gasteiger partial charge is 0.573 e. The fourth-order valence-electron chi connectivity index (χ4n) is 1.05. The fourth-order valence-corrected chi connectivity index (χ4v) is 1.05. The summed E-state index contributed by atoms with van der Waals surface area (Å²) < 4.78 is 52.4. The van der Waals surface area contributed by atoms with Crippen molar-refractivity contribution in [1.29, 1.82) is 0 Å². The fraction of sp³-hybridized carbons (Fsp3) is 0.250. The number of benzene rings is 1. The molecular formula is C8H8F4N2O. The highest BCUT2D eigenvalue weighted by Gasteiger charge is 2.33. The number of alkyl halides is 3. The first-order valence-corrected chi connectivity index (χ1v) is 3.88. The molecule has 15 heavy (non-hydrogen) atoms. The summed E-state index contributed by atoms with van der Waals surface area (Å²) in [5.41, 5.74) is 9.62. The van der Waals surface area contributed by atoms with Crippen LogP contribution >= 0.6 is 0 Å². The Hall–Kier alpha value is -1.50. The summed E-state index contributed by atoms with van der Waals surface area (Å²) >= 11 is 0. The summed E-state index contributed by atoms with van der Waals surface area (Å²) in [5.74, 6) is -1.66. The molecule has 0 spiro atoms. The number of hydrogen-bond acceptors (Lipinski definition) is 3. The van der Waals surface area contributed by atoms with Crippen molar-refractivity contribution < 1.29 is 22.3 Å². The van der Waals surface area contributed by atoms with Crippen LogP contribution in [0, 0.1) is 5.82 Å². The van der Waals surface area contributed by atoms with Crippen LogP contribution < -0.4 is 16.2 Å². The van der Waals surface area contributed by atoms with Crippen molar-refractivity contribution in [1.82, 2.24) is 0 Å². The lowest BCUT2D eigenvalue weighted by molar-refractivity contribution is -0.274. The Bertz CT molecular complexity index is 364. The number of nitrogen functional groups attached to an aromatic ring is 1. The Morgan fingerprint density at radius 2 is 1.87 bits per heavy atom. The van der Waals surface area contributed by atoms with Crippen LogP contribution in [0.2, 0.25) is 0 Å². The highest BCUT2D eigenvalue weighted by atomic mass is 19.4. The summed E-state index contributed by atoms with van der Waals surface area (Å²) in [4.78, 5) is 0. The molecule has 0 aromatic heterocycles. The highest BCUT2D eigenvalue weighted by molar-refractivity contribution is 5.57. The number of anilines is 1. The summed E-state index contributed by atoms with van der Waals surface area (Å²) in [5, 5.41) is 0. The van der Waals surface area contributed by atoms with Gasteiger partial charge in [0.1, 0.15) is 5.82 Å². The highest BCUT2D eigenvalue weighted by Crippen LogP contribution is 2.33. The van der Waals surface area contributed by atoms with Crippen molar-refractivity contribution in [3.63, 3.8) is 0 Å². The van der Waals surface area contributed by atoms with Crippen molar-refractivity contribution >= 4 is 5.69 Å². The lowest BCUT2D eigenvalue weighted by Crippen LogP contribution is -2.20. The van der Waals surface area contributed by atoms with Crippen LogP contribution in [0.5, 0.6) is 5.75 Å². The Labute approximate surface area is 82.6 Å². The quantitative estimate of drug-likeness (QED) is 0.594. The zero-order valence-corrected chi connectivity index (χ0v) is 7.44. The Kier molecular flexibility index (Phi) is 3.04. The van der Waals surface area contributed by atoms with E-state index < -0.39 is 30.0 Å². The first kappa shape index (κ1) is 11.6. The maximum Gasteiger partial charge on any atom is 0.573 e. The van der Waals surface area contributed by atoms with Crippen LogP contribution in [-0.4, -0.2) is 6.36 Å². The van der Waals surface area contributed by atoms with E-state index in [2.05, 4.69) is 4.74 Å². The Morgan fingerprint density at radius 3 is 2.33 bits per heavy atom. The van der Waals surface area contributed by atoms with Gasteiger partial charge < -0.3 is 16.2 Å². The molecule has 0 bridgehead atoms. The number of ether oxygens (including phenoxy) is 1. The molecule has 0 atom stereocenters. The van der Waals surface area contributed by atoms with E-state index in [-0.39, 0.29) is 5.69 Å². The standard InChI is InChI=1S/C8H8F4N2O/c9-5-1-2-6(14)7(4(5)3-13)15-8(10,11)12/h1-2H,3,13-14H2. The molecular weight excluding hydrogens is 216 g/mol. The van der Waals surface area contributed by atoms with E-state index in [9.17, 15) is 17.6 Å². The van der Waals surface area contributed by atoms with E-state index in [1.807, 2.05) is 0 Å². The van der Waals surface area contributed by atoms with Crippen LogP contribution in [-0.2, 0) is 6.54 Å². The molecule has 0 heterocycles. The van der Waals surface area contributed by atoms with Gasteiger partial charge >= 0.3 is 6.36 Å². The summed E-state index contributed by atoms with van der Waals surface area (Å²) in [6, 6.07) is 1.91. The predicted octanol–water partition coefficient (Wildman–Crippen LogP) is 1.77. The van der Waals surface area contributed by atoms with Gasteiger partial charge in [-0.15, -0.1) is 13.2 Å². The monoisotopic (exact) mass is 224 g/mol. The number of hydrogen-bond donors (Lipinski definition) is 2. The van der Waals surface area contributed by atoms with Gasteiger partial charge in [0.15, 0.2) is 5.75 Å². The lowest BCUT2D eigenvalue weighted by atomic mass is 10.1. The van der Waals surface area contributed by atoms with Crippen molar-refractivity contribution in [2.75, 3.05) is 5.73 Å². The smallest absolute Gasteiger partial charge is 0.403 e. The van der Waals surface area contributed by atoms with Crippen LogP contribution in [0.3, 0.4) is 0 Å². The van der Waals surface area contributed by atoms with E-state index in [1.165, 1.54) is 0 Å². The van der Waals surface area contributed by atoms with E-state index in [1.54, 1.807) is 0 Å². The maximum absolute atomic E-state index is 13.0. The van der Waals surface area contributed by atoms with Gasteiger partial charge in [0, 0.05) is 12.1 Å². The first-order chi connectivity index (χ1) is 6.85. The molecule has 4 N–H and O–H groups in total. The second-order valence-electron chi connectivity index (χ2n) is 2.70. The van der Waals surface area contributed by atoms with Gasteiger partial charge in [-0.05, 0) is 12.1 Å². The maximum atomic E-state index is 13.0. The number of rotatable bonds is 2. The molecule has 0 aliphatic carbocycles. The molecule has 1 aromatic carbocycles. The second-order valence-corrected chi connectivity index (χ2v) is 2.70. The molecule has 84 valence electrons. The van der Waals surface area contributed by atoms with Gasteiger partial charge in [-0.2, -0.15) is 0 Å². The zero-order valence-electron chi connectivity index (χ0n) is 7.44. The van der Waals surface area contributed by atoms with Gasteiger partial charge in [0.2, 0.25) is 0 Å². The van der Waals surface area contributed by atoms with Crippen LogP contribution in [0.4, 0.5) is 23.2 Å². The molecule has 0 saturated carbocycles. The molecule has 1 aromatic rings. The topological polar surface area (TPSA) is 61.3 Å².